The molecule has 4 rings (SSSR count). The van der Waals surface area contributed by atoms with Gasteiger partial charge in [-0.15, -0.1) is 11.8 Å². The molecule has 0 amide bonds. The lowest BCUT2D eigenvalue weighted by Crippen LogP contribution is -2.27. The third-order valence-electron chi connectivity index (χ3n) is 6.28. The Hall–Kier alpha value is -1.38. The first-order valence-corrected chi connectivity index (χ1v) is 11.2. The summed E-state index contributed by atoms with van der Waals surface area (Å²) in [5, 5.41) is 12.0. The number of thioether (sulfide) groups is 1. The first kappa shape index (κ1) is 19.0. The molecule has 2 aromatic rings. The van der Waals surface area contributed by atoms with Gasteiger partial charge in [-0.05, 0) is 79.1 Å². The van der Waals surface area contributed by atoms with Crippen molar-refractivity contribution in [3.63, 3.8) is 0 Å². The van der Waals surface area contributed by atoms with Gasteiger partial charge in [-0.2, -0.15) is 0 Å². The van der Waals surface area contributed by atoms with Gasteiger partial charge in [0.25, 0.3) is 0 Å². The Morgan fingerprint density at radius 3 is 2.22 bits per heavy atom. The van der Waals surface area contributed by atoms with Gasteiger partial charge in [0, 0.05) is 16.3 Å². The third-order valence-corrected chi connectivity index (χ3v) is 8.12. The van der Waals surface area contributed by atoms with Crippen LogP contribution in [0.3, 0.4) is 0 Å². The van der Waals surface area contributed by atoms with Crippen molar-refractivity contribution in [1.29, 1.82) is 0 Å². The van der Waals surface area contributed by atoms with Crippen molar-refractivity contribution in [1.82, 2.24) is 0 Å². The third kappa shape index (κ3) is 3.21. The summed E-state index contributed by atoms with van der Waals surface area (Å²) in [4.78, 5) is 0. The van der Waals surface area contributed by atoms with Crippen LogP contribution in [0.4, 0.5) is 0 Å². The van der Waals surface area contributed by atoms with Crippen molar-refractivity contribution in [2.45, 2.75) is 57.6 Å². The summed E-state index contributed by atoms with van der Waals surface area (Å²) in [5.74, 6) is 1.57. The van der Waals surface area contributed by atoms with Crippen LogP contribution < -0.4 is 0 Å². The molecular formula is C24H27ClOS. The minimum atomic E-state index is -0.0300. The minimum absolute atomic E-state index is 0.0300. The molecule has 3 heteroatoms. The lowest BCUT2D eigenvalue weighted by atomic mass is 9.82. The summed E-state index contributed by atoms with van der Waals surface area (Å²) in [6, 6.07) is 10.4. The summed E-state index contributed by atoms with van der Waals surface area (Å²) < 4.78 is -0.0300. The van der Waals surface area contributed by atoms with E-state index in [1.807, 2.05) is 23.9 Å². The Balaban J connectivity index is 1.87. The van der Waals surface area contributed by atoms with Crippen LogP contribution in [0.15, 0.2) is 36.1 Å². The SMILES string of the molecule is Cc1cc(C)c(-c2ccc(Cl)cc2)c(C)c1C1=C(O)C2(CCCCC2)SC1. The Kier molecular flexibility index (Phi) is 5.07. The van der Waals surface area contributed by atoms with Crippen LogP contribution in [0.5, 0.6) is 0 Å². The number of aliphatic hydroxyl groups is 1. The normalized spacial score (nSPS) is 19.1. The van der Waals surface area contributed by atoms with Gasteiger partial charge in [0.05, 0.1) is 4.75 Å². The molecule has 1 fully saturated rings. The fourth-order valence-electron chi connectivity index (χ4n) is 5.03. The van der Waals surface area contributed by atoms with E-state index in [1.165, 1.54) is 52.6 Å². The van der Waals surface area contributed by atoms with E-state index in [9.17, 15) is 5.11 Å². The highest BCUT2D eigenvalue weighted by Crippen LogP contribution is 2.53. The zero-order valence-electron chi connectivity index (χ0n) is 16.4. The lowest BCUT2D eigenvalue weighted by molar-refractivity contribution is 0.307. The fourth-order valence-corrected chi connectivity index (χ4v) is 6.69. The number of hydrogen-bond acceptors (Lipinski definition) is 2. The number of hydrogen-bond donors (Lipinski definition) is 1. The highest BCUT2D eigenvalue weighted by Gasteiger charge is 2.43. The van der Waals surface area contributed by atoms with Crippen molar-refractivity contribution in [3.8, 4) is 11.1 Å². The highest BCUT2D eigenvalue weighted by molar-refractivity contribution is 8.01. The molecular weight excluding hydrogens is 372 g/mol. The standard InChI is InChI=1S/C24H27ClOS/c1-15-13-16(2)22(17(3)21(15)18-7-9-19(25)10-8-18)20-14-27-24(23(20)26)11-5-4-6-12-24/h7-10,13,26H,4-6,11-12,14H2,1-3H3. The number of halogens is 1. The average Bonchev–Trinajstić information content (AvgIpc) is 2.94. The summed E-state index contributed by atoms with van der Waals surface area (Å²) in [6.07, 6.45) is 5.98. The number of aliphatic hydroxyl groups excluding tert-OH is 1. The maximum Gasteiger partial charge on any atom is 0.113 e. The molecule has 0 radical (unpaired) electrons. The molecule has 0 aromatic heterocycles. The number of benzene rings is 2. The van der Waals surface area contributed by atoms with Gasteiger partial charge in [-0.25, -0.2) is 0 Å². The molecule has 1 aliphatic carbocycles. The van der Waals surface area contributed by atoms with Gasteiger partial charge in [-0.1, -0.05) is 49.1 Å². The summed E-state index contributed by atoms with van der Waals surface area (Å²) in [7, 11) is 0. The maximum atomic E-state index is 11.3. The monoisotopic (exact) mass is 398 g/mol. The van der Waals surface area contributed by atoms with Gasteiger partial charge in [0.2, 0.25) is 0 Å². The molecule has 1 saturated carbocycles. The second-order valence-electron chi connectivity index (χ2n) is 8.06. The largest absolute Gasteiger partial charge is 0.510 e. The topological polar surface area (TPSA) is 20.2 Å². The Morgan fingerprint density at radius 1 is 0.926 bits per heavy atom. The molecule has 0 unspecified atom stereocenters. The highest BCUT2D eigenvalue weighted by atomic mass is 35.5. The van der Waals surface area contributed by atoms with Crippen LogP contribution in [0.25, 0.3) is 16.7 Å². The maximum absolute atomic E-state index is 11.3. The average molecular weight is 399 g/mol. The smallest absolute Gasteiger partial charge is 0.113 e. The van der Waals surface area contributed by atoms with Gasteiger partial charge in [0.15, 0.2) is 0 Å². The molecule has 27 heavy (non-hydrogen) atoms. The molecule has 0 bridgehead atoms. The predicted molar refractivity (Wildman–Crippen MR) is 119 cm³/mol. The zero-order valence-corrected chi connectivity index (χ0v) is 17.9. The van der Waals surface area contributed by atoms with E-state index in [4.69, 9.17) is 11.6 Å². The van der Waals surface area contributed by atoms with Crippen LogP contribution in [0.2, 0.25) is 5.02 Å². The Bertz CT molecular complexity index is 905. The van der Waals surface area contributed by atoms with Crippen LogP contribution in [-0.2, 0) is 0 Å². The number of rotatable bonds is 2. The first-order valence-electron chi connectivity index (χ1n) is 9.86. The van der Waals surface area contributed by atoms with Crippen molar-refractivity contribution in [2.24, 2.45) is 0 Å². The lowest BCUT2D eigenvalue weighted by Gasteiger charge is -2.32. The second-order valence-corrected chi connectivity index (χ2v) is 9.86. The van der Waals surface area contributed by atoms with Gasteiger partial charge >= 0.3 is 0 Å². The Morgan fingerprint density at radius 2 is 1.56 bits per heavy atom. The quantitative estimate of drug-likeness (QED) is 0.560. The number of aryl methyl sites for hydroxylation is 2. The molecule has 142 valence electrons. The molecule has 0 saturated heterocycles. The van der Waals surface area contributed by atoms with Crippen molar-refractivity contribution >= 4 is 28.9 Å². The van der Waals surface area contributed by atoms with E-state index in [0.717, 1.165) is 29.2 Å². The van der Waals surface area contributed by atoms with Gasteiger partial charge < -0.3 is 5.11 Å². The summed E-state index contributed by atoms with van der Waals surface area (Å²) in [5.41, 5.74) is 8.66. The Labute approximate surface area is 171 Å². The first-order chi connectivity index (χ1) is 12.9. The van der Waals surface area contributed by atoms with Crippen LogP contribution in [0.1, 0.15) is 54.4 Å². The van der Waals surface area contributed by atoms with Crippen molar-refractivity contribution < 1.29 is 5.11 Å². The van der Waals surface area contributed by atoms with Crippen molar-refractivity contribution in [3.05, 3.63) is 63.4 Å². The fraction of sp³-hybridized carbons (Fsp3) is 0.417. The molecule has 0 atom stereocenters. The van der Waals surface area contributed by atoms with Gasteiger partial charge in [-0.3, -0.25) is 0 Å². The van der Waals surface area contributed by atoms with E-state index in [-0.39, 0.29) is 4.75 Å². The van der Waals surface area contributed by atoms with Crippen LogP contribution >= 0.6 is 23.4 Å². The molecule has 2 aromatic carbocycles. The van der Waals surface area contributed by atoms with E-state index in [0.29, 0.717) is 5.76 Å². The van der Waals surface area contributed by atoms with Crippen LogP contribution in [-0.4, -0.2) is 15.6 Å². The van der Waals surface area contributed by atoms with Gasteiger partial charge in [0.1, 0.15) is 5.76 Å². The zero-order chi connectivity index (χ0) is 19.2. The molecule has 1 spiro atoms. The predicted octanol–water partition coefficient (Wildman–Crippen LogP) is 7.65. The second kappa shape index (κ2) is 7.22. The molecule has 1 aliphatic heterocycles. The molecule has 2 aliphatic rings. The van der Waals surface area contributed by atoms with Crippen LogP contribution in [0, 0.1) is 20.8 Å². The minimum Gasteiger partial charge on any atom is -0.510 e. The van der Waals surface area contributed by atoms with E-state index in [2.05, 4.69) is 39.0 Å². The molecule has 1 N–H and O–H groups in total. The summed E-state index contributed by atoms with van der Waals surface area (Å²) >= 11 is 8.06. The van der Waals surface area contributed by atoms with Crippen molar-refractivity contribution in [2.75, 3.05) is 5.75 Å². The molecule has 1 heterocycles. The summed E-state index contributed by atoms with van der Waals surface area (Å²) in [6.45, 7) is 6.56. The van der Waals surface area contributed by atoms with E-state index < -0.39 is 0 Å². The van der Waals surface area contributed by atoms with E-state index in [1.54, 1.807) is 0 Å². The van der Waals surface area contributed by atoms with E-state index >= 15 is 0 Å². The molecule has 1 nitrogen and oxygen atoms in total.